The van der Waals surface area contributed by atoms with Crippen LogP contribution in [0.15, 0.2) is 72.8 Å². The van der Waals surface area contributed by atoms with Gasteiger partial charge in [-0.15, -0.1) is 0 Å². The first-order valence-corrected chi connectivity index (χ1v) is 8.67. The molecule has 146 valence electrons. The molecule has 2 aromatic rings. The molecule has 0 amide bonds. The first kappa shape index (κ1) is 19.8. The Balaban J connectivity index is 1.69. The van der Waals surface area contributed by atoms with Crippen molar-refractivity contribution in [2.75, 3.05) is 6.61 Å². The lowest BCUT2D eigenvalue weighted by Crippen LogP contribution is -2.61. The Bertz CT molecular complexity index is 850. The molecule has 3 unspecified atom stereocenters. The van der Waals surface area contributed by atoms with Gasteiger partial charge in [-0.3, -0.25) is 0 Å². The van der Waals surface area contributed by atoms with Crippen LogP contribution in [-0.2, 0) is 9.47 Å². The van der Waals surface area contributed by atoms with Crippen LogP contribution in [0.2, 0.25) is 0 Å². The largest absolute Gasteiger partial charge is 0.459 e. The van der Waals surface area contributed by atoms with Gasteiger partial charge in [0.05, 0.1) is 11.1 Å². The predicted molar refractivity (Wildman–Crippen MR) is 98.5 cm³/mol. The molecule has 1 aliphatic rings. The Morgan fingerprint density at radius 3 is 1.96 bits per heavy atom. The van der Waals surface area contributed by atoms with Gasteiger partial charge in [0, 0.05) is 0 Å². The second kappa shape index (κ2) is 8.35. The number of carbonyl (C=O) groups is 2. The third-order valence-corrected chi connectivity index (χ3v) is 4.52. The topological polar surface area (TPSA) is 113 Å². The average Bonchev–Trinajstić information content (AvgIpc) is 2.74. The van der Waals surface area contributed by atoms with Gasteiger partial charge in [0.15, 0.2) is 5.60 Å². The van der Waals surface area contributed by atoms with E-state index in [4.69, 9.17) is 9.47 Å². The molecule has 1 aliphatic carbocycles. The Morgan fingerprint density at radius 2 is 1.39 bits per heavy atom. The van der Waals surface area contributed by atoms with Crippen molar-refractivity contribution in [1.29, 1.82) is 0 Å². The molecule has 0 bridgehead atoms. The number of benzene rings is 2. The Labute approximate surface area is 161 Å². The van der Waals surface area contributed by atoms with Crippen molar-refractivity contribution in [3.8, 4) is 0 Å². The molecule has 0 spiro atoms. The Hall–Kier alpha value is -3.00. The van der Waals surface area contributed by atoms with E-state index in [2.05, 4.69) is 0 Å². The zero-order valence-corrected chi connectivity index (χ0v) is 14.8. The van der Waals surface area contributed by atoms with Crippen molar-refractivity contribution in [2.24, 2.45) is 0 Å². The quantitative estimate of drug-likeness (QED) is 0.522. The van der Waals surface area contributed by atoms with E-state index >= 15 is 0 Å². The van der Waals surface area contributed by atoms with Gasteiger partial charge in [-0.2, -0.15) is 0 Å². The summed E-state index contributed by atoms with van der Waals surface area (Å²) in [6.07, 6.45) is -1.98. The van der Waals surface area contributed by atoms with Gasteiger partial charge in [-0.05, 0) is 30.3 Å². The molecule has 7 heteroatoms. The number of ether oxygens (including phenoxy) is 2. The standard InChI is InChI=1S/C21H20O7/c22-17-12-11-16(28-20(25)15-9-5-2-6-10-15)18(23)21(17,26)13-27-19(24)14-7-3-1-4-8-14/h1-12,16-18,22-23,26H,13H2/t16?,17?,18?,21-/m1/s1. The van der Waals surface area contributed by atoms with Crippen LogP contribution in [0.4, 0.5) is 0 Å². The minimum atomic E-state index is -2.24. The summed E-state index contributed by atoms with van der Waals surface area (Å²) in [7, 11) is 0. The van der Waals surface area contributed by atoms with E-state index in [9.17, 15) is 24.9 Å². The third kappa shape index (κ3) is 4.12. The fourth-order valence-corrected chi connectivity index (χ4v) is 2.83. The molecule has 3 rings (SSSR count). The fraction of sp³-hybridized carbons (Fsp3) is 0.238. The number of hydrogen-bond acceptors (Lipinski definition) is 7. The molecule has 0 saturated carbocycles. The monoisotopic (exact) mass is 384 g/mol. The molecule has 3 N–H and O–H groups in total. The molecule has 0 heterocycles. The first-order chi connectivity index (χ1) is 13.4. The lowest BCUT2D eigenvalue weighted by atomic mass is 9.83. The van der Waals surface area contributed by atoms with Crippen LogP contribution in [0.25, 0.3) is 0 Å². The SMILES string of the molecule is O=C(OC[C@@]1(O)C(O)C=CC(OC(=O)c2ccccc2)C1O)c1ccccc1. The van der Waals surface area contributed by atoms with E-state index in [0.29, 0.717) is 0 Å². The molecule has 0 aliphatic heterocycles. The average molecular weight is 384 g/mol. The number of aliphatic hydroxyl groups is 3. The summed E-state index contributed by atoms with van der Waals surface area (Å²) in [4.78, 5) is 24.3. The summed E-state index contributed by atoms with van der Waals surface area (Å²) in [6, 6.07) is 16.2. The van der Waals surface area contributed by atoms with Crippen molar-refractivity contribution in [3.05, 3.63) is 83.9 Å². The van der Waals surface area contributed by atoms with E-state index in [0.717, 1.165) is 0 Å². The van der Waals surface area contributed by atoms with Crippen molar-refractivity contribution < 1.29 is 34.4 Å². The van der Waals surface area contributed by atoms with Crippen LogP contribution in [-0.4, -0.2) is 57.8 Å². The van der Waals surface area contributed by atoms with Gasteiger partial charge in [0.25, 0.3) is 0 Å². The molecule has 2 aromatic carbocycles. The molecule has 28 heavy (non-hydrogen) atoms. The molecule has 0 fully saturated rings. The van der Waals surface area contributed by atoms with Gasteiger partial charge in [0.1, 0.15) is 24.9 Å². The highest BCUT2D eigenvalue weighted by Crippen LogP contribution is 2.28. The fourth-order valence-electron chi connectivity index (χ4n) is 2.83. The second-order valence-corrected chi connectivity index (χ2v) is 6.44. The van der Waals surface area contributed by atoms with E-state index in [1.54, 1.807) is 48.5 Å². The third-order valence-electron chi connectivity index (χ3n) is 4.52. The van der Waals surface area contributed by atoms with Crippen molar-refractivity contribution in [2.45, 2.75) is 23.9 Å². The van der Waals surface area contributed by atoms with Crippen LogP contribution in [0.5, 0.6) is 0 Å². The summed E-state index contributed by atoms with van der Waals surface area (Å²) < 4.78 is 10.3. The second-order valence-electron chi connectivity index (χ2n) is 6.44. The summed E-state index contributed by atoms with van der Waals surface area (Å²) in [5, 5.41) is 31.4. The van der Waals surface area contributed by atoms with Gasteiger partial charge in [-0.1, -0.05) is 42.5 Å². The Kier molecular flexibility index (Phi) is 5.89. The Morgan fingerprint density at radius 1 is 0.857 bits per heavy atom. The van der Waals surface area contributed by atoms with E-state index < -0.39 is 42.5 Å². The maximum atomic E-state index is 12.2. The van der Waals surface area contributed by atoms with Crippen LogP contribution >= 0.6 is 0 Å². The highest BCUT2D eigenvalue weighted by Gasteiger charge is 2.50. The predicted octanol–water partition coefficient (Wildman–Crippen LogP) is 1.09. The zero-order valence-electron chi connectivity index (χ0n) is 14.8. The normalized spacial score (nSPS) is 26.5. The number of esters is 2. The van der Waals surface area contributed by atoms with Crippen LogP contribution < -0.4 is 0 Å². The summed E-state index contributed by atoms with van der Waals surface area (Å²) in [5.41, 5.74) is -1.71. The van der Waals surface area contributed by atoms with Gasteiger partial charge < -0.3 is 24.8 Å². The van der Waals surface area contributed by atoms with E-state index in [1.165, 1.54) is 24.3 Å². The molecule has 0 aromatic heterocycles. The number of carbonyl (C=O) groups excluding carboxylic acids is 2. The van der Waals surface area contributed by atoms with Crippen LogP contribution in [0, 0.1) is 0 Å². The van der Waals surface area contributed by atoms with Crippen LogP contribution in [0.1, 0.15) is 20.7 Å². The van der Waals surface area contributed by atoms with E-state index in [-0.39, 0.29) is 11.1 Å². The highest BCUT2D eigenvalue weighted by atomic mass is 16.6. The molecule has 4 atom stereocenters. The number of aliphatic hydroxyl groups excluding tert-OH is 2. The summed E-state index contributed by atoms with van der Waals surface area (Å²) in [6.45, 7) is -0.688. The highest BCUT2D eigenvalue weighted by molar-refractivity contribution is 5.90. The summed E-state index contributed by atoms with van der Waals surface area (Å²) in [5.74, 6) is -1.42. The summed E-state index contributed by atoms with van der Waals surface area (Å²) >= 11 is 0. The number of hydrogen-bond donors (Lipinski definition) is 3. The first-order valence-electron chi connectivity index (χ1n) is 8.67. The lowest BCUT2D eigenvalue weighted by Gasteiger charge is -2.40. The van der Waals surface area contributed by atoms with E-state index in [1.807, 2.05) is 0 Å². The zero-order chi connectivity index (χ0) is 20.1. The maximum absolute atomic E-state index is 12.2. The van der Waals surface area contributed by atoms with Crippen LogP contribution in [0.3, 0.4) is 0 Å². The van der Waals surface area contributed by atoms with Crippen molar-refractivity contribution in [1.82, 2.24) is 0 Å². The molecule has 7 nitrogen and oxygen atoms in total. The maximum Gasteiger partial charge on any atom is 0.338 e. The van der Waals surface area contributed by atoms with Crippen molar-refractivity contribution >= 4 is 11.9 Å². The van der Waals surface area contributed by atoms with Crippen molar-refractivity contribution in [3.63, 3.8) is 0 Å². The minimum Gasteiger partial charge on any atom is -0.459 e. The molecule has 0 radical (unpaired) electrons. The smallest absolute Gasteiger partial charge is 0.338 e. The number of rotatable bonds is 5. The lowest BCUT2D eigenvalue weighted by molar-refractivity contribution is -0.183. The van der Waals surface area contributed by atoms with Gasteiger partial charge >= 0.3 is 11.9 Å². The van der Waals surface area contributed by atoms with Gasteiger partial charge in [-0.25, -0.2) is 9.59 Å². The molecular formula is C21H20O7. The molecular weight excluding hydrogens is 364 g/mol. The molecule has 0 saturated heterocycles. The minimum absolute atomic E-state index is 0.258. The van der Waals surface area contributed by atoms with Gasteiger partial charge in [0.2, 0.25) is 0 Å².